The highest BCUT2D eigenvalue weighted by Gasteiger charge is 2.25. The number of aromatic amines is 1. The van der Waals surface area contributed by atoms with Crippen molar-refractivity contribution in [2.75, 3.05) is 13.6 Å². The van der Waals surface area contributed by atoms with Crippen molar-refractivity contribution in [2.24, 2.45) is 0 Å². The maximum Gasteiger partial charge on any atom is 0.0469 e. The normalized spacial score (nSPS) is 19.4. The largest absolute Gasteiger partial charge is 0.355 e. The van der Waals surface area contributed by atoms with Gasteiger partial charge < -0.3 is 4.98 Å². The van der Waals surface area contributed by atoms with Gasteiger partial charge in [-0.25, -0.2) is 0 Å². The highest BCUT2D eigenvalue weighted by atomic mass is 15.1. The fourth-order valence-electron chi connectivity index (χ4n) is 3.44. The van der Waals surface area contributed by atoms with Crippen LogP contribution in [0.3, 0.4) is 0 Å². The van der Waals surface area contributed by atoms with Crippen molar-refractivity contribution >= 4 is 10.9 Å². The fraction of sp³-hybridized carbons (Fsp3) is 0.278. The van der Waals surface area contributed by atoms with Crippen LogP contribution in [-0.2, 0) is 0 Å². The van der Waals surface area contributed by atoms with Crippen molar-refractivity contribution in [3.05, 3.63) is 54.4 Å². The highest BCUT2D eigenvalue weighted by molar-refractivity contribution is 5.86. The van der Waals surface area contributed by atoms with E-state index in [9.17, 15) is 0 Å². The summed E-state index contributed by atoms with van der Waals surface area (Å²) in [4.78, 5) is 10.3. The molecule has 3 nitrogen and oxygen atoms in total. The van der Waals surface area contributed by atoms with Gasteiger partial charge in [0, 0.05) is 40.6 Å². The third-order valence-electron chi connectivity index (χ3n) is 4.55. The van der Waals surface area contributed by atoms with Crippen LogP contribution in [0, 0.1) is 0 Å². The number of hydrogen-bond donors (Lipinski definition) is 1. The van der Waals surface area contributed by atoms with Gasteiger partial charge in [0.05, 0.1) is 0 Å². The smallest absolute Gasteiger partial charge is 0.0469 e. The molecule has 1 fully saturated rings. The first-order valence-corrected chi connectivity index (χ1v) is 7.55. The molecular weight excluding hydrogens is 258 g/mol. The van der Waals surface area contributed by atoms with Crippen LogP contribution in [0.5, 0.6) is 0 Å². The lowest BCUT2D eigenvalue weighted by Crippen LogP contribution is -2.18. The fourth-order valence-corrected chi connectivity index (χ4v) is 3.44. The number of para-hydroxylation sites is 1. The number of pyridine rings is 1. The third kappa shape index (κ3) is 2.14. The highest BCUT2D eigenvalue weighted by Crippen LogP contribution is 2.36. The molecule has 21 heavy (non-hydrogen) atoms. The molecule has 1 atom stereocenters. The Hall–Kier alpha value is -2.13. The number of benzene rings is 1. The number of H-pyrrole nitrogens is 1. The third-order valence-corrected chi connectivity index (χ3v) is 4.55. The topological polar surface area (TPSA) is 31.9 Å². The van der Waals surface area contributed by atoms with Gasteiger partial charge in [0.1, 0.15) is 0 Å². The molecule has 1 aliphatic rings. The van der Waals surface area contributed by atoms with Crippen LogP contribution in [0.4, 0.5) is 0 Å². The Morgan fingerprint density at radius 1 is 1.24 bits per heavy atom. The van der Waals surface area contributed by atoms with Crippen molar-refractivity contribution in [3.63, 3.8) is 0 Å². The van der Waals surface area contributed by atoms with E-state index in [4.69, 9.17) is 0 Å². The maximum absolute atomic E-state index is 4.36. The van der Waals surface area contributed by atoms with Crippen molar-refractivity contribution in [1.29, 1.82) is 0 Å². The Balaban J connectivity index is 1.84. The summed E-state index contributed by atoms with van der Waals surface area (Å²) in [6, 6.07) is 13.3. The SMILES string of the molecule is CN1CCC[C@H]1c1cnccc1-c1cc2ccccc2[nH]1. The van der Waals surface area contributed by atoms with Crippen LogP contribution in [0.1, 0.15) is 24.4 Å². The molecule has 0 radical (unpaired) electrons. The molecule has 2 aromatic heterocycles. The Morgan fingerprint density at radius 2 is 2.14 bits per heavy atom. The minimum absolute atomic E-state index is 0.486. The second kappa shape index (κ2) is 5.01. The van der Waals surface area contributed by atoms with E-state index < -0.39 is 0 Å². The zero-order chi connectivity index (χ0) is 14.2. The zero-order valence-electron chi connectivity index (χ0n) is 12.2. The molecule has 0 unspecified atom stereocenters. The van der Waals surface area contributed by atoms with E-state index >= 15 is 0 Å². The number of nitrogens with zero attached hydrogens (tertiary/aromatic N) is 2. The predicted molar refractivity (Wildman–Crippen MR) is 86.1 cm³/mol. The molecule has 1 aliphatic heterocycles. The van der Waals surface area contributed by atoms with E-state index in [1.807, 2.05) is 12.4 Å². The molecule has 1 aromatic carbocycles. The Labute approximate surface area is 124 Å². The van der Waals surface area contributed by atoms with Gasteiger partial charge >= 0.3 is 0 Å². The van der Waals surface area contributed by atoms with Crippen LogP contribution in [0.2, 0.25) is 0 Å². The van der Waals surface area contributed by atoms with E-state index in [2.05, 4.69) is 58.3 Å². The number of likely N-dealkylation sites (tertiary alicyclic amines) is 1. The summed E-state index contributed by atoms with van der Waals surface area (Å²) < 4.78 is 0. The summed E-state index contributed by atoms with van der Waals surface area (Å²) in [6.45, 7) is 1.17. The Kier molecular flexibility index (Phi) is 3.00. The van der Waals surface area contributed by atoms with E-state index in [-0.39, 0.29) is 0 Å². The quantitative estimate of drug-likeness (QED) is 0.768. The van der Waals surface area contributed by atoms with Crippen molar-refractivity contribution in [2.45, 2.75) is 18.9 Å². The first-order valence-electron chi connectivity index (χ1n) is 7.55. The molecule has 1 saturated heterocycles. The van der Waals surface area contributed by atoms with Gasteiger partial charge in [-0.15, -0.1) is 0 Å². The van der Waals surface area contributed by atoms with E-state index in [1.165, 1.54) is 47.1 Å². The van der Waals surface area contributed by atoms with Crippen LogP contribution >= 0.6 is 0 Å². The van der Waals surface area contributed by atoms with E-state index in [0.29, 0.717) is 6.04 Å². The van der Waals surface area contributed by atoms with Crippen molar-refractivity contribution < 1.29 is 0 Å². The average molecular weight is 277 g/mol. The minimum atomic E-state index is 0.486. The number of nitrogens with one attached hydrogen (secondary N) is 1. The van der Waals surface area contributed by atoms with Crippen molar-refractivity contribution in [3.8, 4) is 11.3 Å². The lowest BCUT2D eigenvalue weighted by Gasteiger charge is -2.21. The molecule has 106 valence electrons. The van der Waals surface area contributed by atoms with E-state index in [0.717, 1.165) is 0 Å². The Bertz CT molecular complexity index is 742. The predicted octanol–water partition coefficient (Wildman–Crippen LogP) is 4.00. The second-order valence-corrected chi connectivity index (χ2v) is 5.87. The molecule has 0 aliphatic carbocycles. The lowest BCUT2D eigenvalue weighted by molar-refractivity contribution is 0.317. The molecule has 3 heterocycles. The first-order chi connectivity index (χ1) is 10.3. The van der Waals surface area contributed by atoms with Crippen LogP contribution in [-0.4, -0.2) is 28.5 Å². The number of aromatic nitrogens is 2. The minimum Gasteiger partial charge on any atom is -0.355 e. The summed E-state index contributed by atoms with van der Waals surface area (Å²) in [5.41, 5.74) is 4.99. The average Bonchev–Trinajstić information content (AvgIpc) is 3.13. The van der Waals surface area contributed by atoms with Crippen molar-refractivity contribution in [1.82, 2.24) is 14.9 Å². The second-order valence-electron chi connectivity index (χ2n) is 5.87. The van der Waals surface area contributed by atoms with Crippen LogP contribution < -0.4 is 0 Å². The van der Waals surface area contributed by atoms with E-state index in [1.54, 1.807) is 0 Å². The lowest BCUT2D eigenvalue weighted by atomic mass is 9.99. The molecule has 4 rings (SSSR count). The summed E-state index contributed by atoms with van der Waals surface area (Å²) in [5.74, 6) is 0. The molecular formula is C18H19N3. The Morgan fingerprint density at radius 3 is 2.95 bits per heavy atom. The van der Waals surface area contributed by atoms with Gasteiger partial charge in [-0.1, -0.05) is 18.2 Å². The summed E-state index contributed by atoms with van der Waals surface area (Å²) in [7, 11) is 2.21. The molecule has 1 N–H and O–H groups in total. The standard InChI is InChI=1S/C18H19N3/c1-21-10-4-7-18(21)15-12-19-9-8-14(15)17-11-13-5-2-3-6-16(13)20-17/h2-3,5-6,8-9,11-12,18,20H,4,7,10H2,1H3/t18-/m0/s1. The molecule has 0 bridgehead atoms. The number of rotatable bonds is 2. The van der Waals surface area contributed by atoms with Gasteiger partial charge in [0.2, 0.25) is 0 Å². The summed E-state index contributed by atoms with van der Waals surface area (Å²) in [5, 5.41) is 1.26. The van der Waals surface area contributed by atoms with Gasteiger partial charge in [0.15, 0.2) is 0 Å². The first kappa shape index (κ1) is 12.6. The van der Waals surface area contributed by atoms with Gasteiger partial charge in [-0.2, -0.15) is 0 Å². The van der Waals surface area contributed by atoms with Gasteiger partial charge in [-0.05, 0) is 50.2 Å². The molecule has 0 saturated carbocycles. The number of hydrogen-bond acceptors (Lipinski definition) is 2. The molecule has 3 heteroatoms. The number of fused-ring (bicyclic) bond motifs is 1. The van der Waals surface area contributed by atoms with Crippen LogP contribution in [0.15, 0.2) is 48.8 Å². The maximum atomic E-state index is 4.36. The monoisotopic (exact) mass is 277 g/mol. The molecule has 3 aromatic rings. The zero-order valence-corrected chi connectivity index (χ0v) is 12.2. The summed E-state index contributed by atoms with van der Waals surface area (Å²) in [6.07, 6.45) is 6.41. The van der Waals surface area contributed by atoms with Crippen LogP contribution in [0.25, 0.3) is 22.2 Å². The van der Waals surface area contributed by atoms with Gasteiger partial charge in [0.25, 0.3) is 0 Å². The summed E-state index contributed by atoms with van der Waals surface area (Å²) >= 11 is 0. The molecule has 0 amide bonds. The molecule has 0 spiro atoms. The van der Waals surface area contributed by atoms with Gasteiger partial charge in [-0.3, -0.25) is 9.88 Å².